The number of nitrogens with zero attached hydrogens (tertiary/aromatic N) is 3. The Bertz CT molecular complexity index is 2880. The summed E-state index contributed by atoms with van der Waals surface area (Å²) in [4.78, 5) is 15.2. The minimum atomic E-state index is 0.570. The Kier molecular flexibility index (Phi) is 6.15. The Balaban J connectivity index is 1.18. The molecule has 10 rings (SSSR count). The highest BCUT2D eigenvalue weighted by molar-refractivity contribution is 6.17. The molecule has 4 heteroatoms. The van der Waals surface area contributed by atoms with Gasteiger partial charge in [0.25, 0.3) is 0 Å². The van der Waals surface area contributed by atoms with E-state index in [-0.39, 0.29) is 0 Å². The van der Waals surface area contributed by atoms with E-state index < -0.39 is 0 Å². The van der Waals surface area contributed by atoms with Crippen molar-refractivity contribution in [2.75, 3.05) is 0 Å². The largest absolute Gasteiger partial charge is 0.455 e. The first kappa shape index (κ1) is 27.5. The van der Waals surface area contributed by atoms with Crippen molar-refractivity contribution in [2.45, 2.75) is 0 Å². The first-order chi connectivity index (χ1) is 24.3. The standard InChI is InChI=1S/C45H27N3O/c1-3-10-28(11-4-1)32-22-25-41-40(26-32)37-16-9-17-38(42(37)49-41)45-47-43(31-13-5-2-6-14-31)46-44(48-45)33-19-18-30-21-23-35-34-15-8-7-12-29(34)20-24-36(35)39(30)27-33/h1-27H. The summed E-state index contributed by atoms with van der Waals surface area (Å²) in [5.74, 6) is 1.80. The van der Waals surface area contributed by atoms with Crippen LogP contribution in [0.5, 0.6) is 0 Å². The Hall–Kier alpha value is -6.65. The maximum atomic E-state index is 6.56. The van der Waals surface area contributed by atoms with Crippen LogP contribution < -0.4 is 0 Å². The number of rotatable bonds is 4. The van der Waals surface area contributed by atoms with E-state index in [0.717, 1.165) is 49.6 Å². The lowest BCUT2D eigenvalue weighted by atomic mass is 9.96. The number of hydrogen-bond acceptors (Lipinski definition) is 4. The third-order valence-electron chi connectivity index (χ3n) is 9.51. The van der Waals surface area contributed by atoms with E-state index >= 15 is 0 Å². The fraction of sp³-hybridized carbons (Fsp3) is 0. The number of para-hydroxylation sites is 1. The quantitative estimate of drug-likeness (QED) is 0.183. The molecule has 4 nitrogen and oxygen atoms in total. The number of aromatic nitrogens is 3. The highest BCUT2D eigenvalue weighted by Gasteiger charge is 2.18. The molecule has 0 spiro atoms. The zero-order valence-corrected chi connectivity index (χ0v) is 26.3. The number of furan rings is 1. The van der Waals surface area contributed by atoms with Gasteiger partial charge in [-0.3, -0.25) is 0 Å². The minimum absolute atomic E-state index is 0.570. The molecule has 0 atom stereocenters. The molecule has 0 bridgehead atoms. The van der Waals surface area contributed by atoms with Gasteiger partial charge >= 0.3 is 0 Å². The Morgan fingerprint density at radius 1 is 0.327 bits per heavy atom. The highest BCUT2D eigenvalue weighted by atomic mass is 16.3. The molecule has 228 valence electrons. The second kappa shape index (κ2) is 11.0. The second-order valence-corrected chi connectivity index (χ2v) is 12.4. The maximum Gasteiger partial charge on any atom is 0.167 e. The van der Waals surface area contributed by atoms with E-state index in [1.165, 1.54) is 32.5 Å². The van der Waals surface area contributed by atoms with Crippen LogP contribution in [0.4, 0.5) is 0 Å². The molecular weight excluding hydrogens is 599 g/mol. The molecule has 0 fully saturated rings. The van der Waals surface area contributed by atoms with Gasteiger partial charge < -0.3 is 4.42 Å². The summed E-state index contributed by atoms with van der Waals surface area (Å²) < 4.78 is 6.56. The summed E-state index contributed by atoms with van der Waals surface area (Å²) in [6.45, 7) is 0. The van der Waals surface area contributed by atoms with E-state index in [4.69, 9.17) is 19.4 Å². The van der Waals surface area contributed by atoms with Crippen molar-refractivity contribution in [3.05, 3.63) is 164 Å². The zero-order valence-electron chi connectivity index (χ0n) is 26.3. The third-order valence-corrected chi connectivity index (χ3v) is 9.51. The Morgan fingerprint density at radius 2 is 0.918 bits per heavy atom. The molecule has 0 aliphatic rings. The van der Waals surface area contributed by atoms with Gasteiger partial charge in [0.2, 0.25) is 0 Å². The van der Waals surface area contributed by atoms with E-state index in [1.54, 1.807) is 0 Å². The van der Waals surface area contributed by atoms with Crippen molar-refractivity contribution in [3.63, 3.8) is 0 Å². The molecule has 0 aliphatic heterocycles. The smallest absolute Gasteiger partial charge is 0.167 e. The minimum Gasteiger partial charge on any atom is -0.455 e. The van der Waals surface area contributed by atoms with Crippen molar-refractivity contribution in [2.24, 2.45) is 0 Å². The topological polar surface area (TPSA) is 51.8 Å². The molecule has 0 amide bonds. The van der Waals surface area contributed by atoms with Crippen molar-refractivity contribution >= 4 is 54.3 Å². The van der Waals surface area contributed by atoms with Gasteiger partial charge in [0.15, 0.2) is 17.5 Å². The molecule has 8 aromatic carbocycles. The number of benzene rings is 8. The summed E-state index contributed by atoms with van der Waals surface area (Å²) in [7, 11) is 0. The van der Waals surface area contributed by atoms with Crippen LogP contribution in [0, 0.1) is 0 Å². The van der Waals surface area contributed by atoms with E-state index in [1.807, 2.05) is 42.5 Å². The average Bonchev–Trinajstić information content (AvgIpc) is 3.56. The fourth-order valence-electron chi connectivity index (χ4n) is 7.08. The van der Waals surface area contributed by atoms with Crippen LogP contribution in [-0.4, -0.2) is 15.0 Å². The number of fused-ring (bicyclic) bond motifs is 8. The summed E-state index contributed by atoms with van der Waals surface area (Å²) in [5, 5.41) is 9.34. The van der Waals surface area contributed by atoms with Crippen LogP contribution in [0.25, 0.3) is 99.5 Å². The summed E-state index contributed by atoms with van der Waals surface area (Å²) in [6.07, 6.45) is 0. The molecular formula is C45H27N3O. The molecule has 0 radical (unpaired) electrons. The monoisotopic (exact) mass is 625 g/mol. The van der Waals surface area contributed by atoms with Gasteiger partial charge in [-0.1, -0.05) is 140 Å². The summed E-state index contributed by atoms with van der Waals surface area (Å²) in [6, 6.07) is 57.0. The zero-order chi connectivity index (χ0) is 32.3. The Morgan fingerprint density at radius 3 is 1.73 bits per heavy atom. The highest BCUT2D eigenvalue weighted by Crippen LogP contribution is 2.38. The van der Waals surface area contributed by atoms with Crippen molar-refractivity contribution in [3.8, 4) is 45.3 Å². The fourth-order valence-corrected chi connectivity index (χ4v) is 7.08. The molecule has 49 heavy (non-hydrogen) atoms. The predicted octanol–water partition coefficient (Wildman–Crippen LogP) is 11.9. The van der Waals surface area contributed by atoms with Crippen LogP contribution in [-0.2, 0) is 0 Å². The van der Waals surface area contributed by atoms with Gasteiger partial charge in [0.1, 0.15) is 11.2 Å². The van der Waals surface area contributed by atoms with Gasteiger partial charge in [-0.2, -0.15) is 0 Å². The van der Waals surface area contributed by atoms with Gasteiger partial charge in [0, 0.05) is 21.9 Å². The van der Waals surface area contributed by atoms with Crippen molar-refractivity contribution in [1.29, 1.82) is 0 Å². The van der Waals surface area contributed by atoms with Crippen LogP contribution in [0.15, 0.2) is 168 Å². The van der Waals surface area contributed by atoms with E-state index in [9.17, 15) is 0 Å². The lowest BCUT2D eigenvalue weighted by Crippen LogP contribution is -2.00. The molecule has 2 aromatic heterocycles. The summed E-state index contributed by atoms with van der Waals surface area (Å²) >= 11 is 0. The van der Waals surface area contributed by atoms with E-state index in [2.05, 4.69) is 121 Å². The van der Waals surface area contributed by atoms with Gasteiger partial charge in [-0.25, -0.2) is 15.0 Å². The predicted molar refractivity (Wildman–Crippen MR) is 201 cm³/mol. The molecule has 10 aromatic rings. The molecule has 0 saturated carbocycles. The van der Waals surface area contributed by atoms with Crippen LogP contribution in [0.1, 0.15) is 0 Å². The maximum absolute atomic E-state index is 6.56. The number of hydrogen-bond donors (Lipinski definition) is 0. The second-order valence-electron chi connectivity index (χ2n) is 12.4. The Labute approximate surface area is 282 Å². The first-order valence-corrected chi connectivity index (χ1v) is 16.4. The van der Waals surface area contributed by atoms with Gasteiger partial charge in [0.05, 0.1) is 5.56 Å². The average molecular weight is 626 g/mol. The van der Waals surface area contributed by atoms with Crippen molar-refractivity contribution < 1.29 is 4.42 Å². The summed E-state index contributed by atoms with van der Waals surface area (Å²) in [5.41, 5.74) is 6.58. The van der Waals surface area contributed by atoms with Gasteiger partial charge in [-0.15, -0.1) is 0 Å². The van der Waals surface area contributed by atoms with Crippen LogP contribution in [0.2, 0.25) is 0 Å². The third kappa shape index (κ3) is 4.57. The van der Waals surface area contributed by atoms with E-state index in [0.29, 0.717) is 17.5 Å². The normalized spacial score (nSPS) is 11.7. The van der Waals surface area contributed by atoms with Gasteiger partial charge in [-0.05, 0) is 67.7 Å². The molecule has 0 unspecified atom stereocenters. The lowest BCUT2D eigenvalue weighted by Gasteiger charge is -2.11. The van der Waals surface area contributed by atoms with Crippen LogP contribution in [0.3, 0.4) is 0 Å². The lowest BCUT2D eigenvalue weighted by molar-refractivity contribution is 0.669. The first-order valence-electron chi connectivity index (χ1n) is 16.4. The molecule has 0 saturated heterocycles. The molecule has 0 N–H and O–H groups in total. The SMILES string of the molecule is c1ccc(-c2ccc3oc4c(-c5nc(-c6ccccc6)nc(-c6ccc7ccc8c9ccccc9ccc8c7c6)n5)cccc4c3c2)cc1. The van der Waals surface area contributed by atoms with Crippen molar-refractivity contribution in [1.82, 2.24) is 15.0 Å². The molecule has 0 aliphatic carbocycles. The molecule has 2 heterocycles. The van der Waals surface area contributed by atoms with Crippen LogP contribution >= 0.6 is 0 Å².